The Kier molecular flexibility index (Phi) is 3.66. The van der Waals surface area contributed by atoms with Gasteiger partial charge in [0.05, 0.1) is 0 Å². The summed E-state index contributed by atoms with van der Waals surface area (Å²) in [4.78, 5) is 11.1. The van der Waals surface area contributed by atoms with Crippen LogP contribution in [0, 0.1) is 5.82 Å². The van der Waals surface area contributed by atoms with E-state index in [4.69, 9.17) is 0 Å². The monoisotopic (exact) mass is 228 g/mol. The maximum atomic E-state index is 13.6. The minimum Gasteiger partial charge on any atom is -0.303 e. The maximum absolute atomic E-state index is 13.6. The van der Waals surface area contributed by atoms with Crippen LogP contribution in [-0.4, -0.2) is 6.29 Å². The topological polar surface area (TPSA) is 17.1 Å². The Bertz CT molecular complexity index is 493. The summed E-state index contributed by atoms with van der Waals surface area (Å²) in [7, 11) is 0. The van der Waals surface area contributed by atoms with E-state index in [1.54, 1.807) is 18.2 Å². The van der Waals surface area contributed by atoms with Crippen molar-refractivity contribution in [1.82, 2.24) is 0 Å². The van der Waals surface area contributed by atoms with E-state index >= 15 is 0 Å². The molecule has 0 radical (unpaired) electrons. The van der Waals surface area contributed by atoms with Crippen molar-refractivity contribution in [3.8, 4) is 0 Å². The Morgan fingerprint density at radius 1 is 1.00 bits per heavy atom. The number of carbonyl (C=O) groups excluding carboxylic acids is 1. The number of rotatable bonds is 4. The average molecular weight is 228 g/mol. The van der Waals surface area contributed by atoms with Crippen molar-refractivity contribution in [2.24, 2.45) is 0 Å². The van der Waals surface area contributed by atoms with Gasteiger partial charge in [0, 0.05) is 5.92 Å². The van der Waals surface area contributed by atoms with Crippen molar-refractivity contribution in [2.45, 2.75) is 12.3 Å². The zero-order valence-electron chi connectivity index (χ0n) is 9.34. The van der Waals surface area contributed by atoms with E-state index in [0.29, 0.717) is 12.0 Å². The average Bonchev–Trinajstić information content (AvgIpc) is 2.38. The summed E-state index contributed by atoms with van der Waals surface area (Å²) in [6.45, 7) is 0. The first kappa shape index (κ1) is 11.5. The van der Waals surface area contributed by atoms with Gasteiger partial charge in [0.1, 0.15) is 12.1 Å². The van der Waals surface area contributed by atoms with Crippen molar-refractivity contribution in [2.75, 3.05) is 0 Å². The molecule has 0 aliphatic carbocycles. The van der Waals surface area contributed by atoms with Crippen molar-refractivity contribution in [3.05, 3.63) is 71.5 Å². The van der Waals surface area contributed by atoms with Crippen LogP contribution in [0.5, 0.6) is 0 Å². The molecule has 1 nitrogen and oxygen atoms in total. The van der Waals surface area contributed by atoms with E-state index in [1.165, 1.54) is 6.07 Å². The molecule has 2 rings (SSSR count). The predicted molar refractivity (Wildman–Crippen MR) is 65.4 cm³/mol. The standard InChI is InChI=1S/C15H13FO/c16-15-9-5-4-8-14(15)13(11-17)10-12-6-2-1-3-7-12/h1-9,11,13H,10H2/t13-/m0/s1. The van der Waals surface area contributed by atoms with E-state index in [1.807, 2.05) is 30.3 Å². The largest absolute Gasteiger partial charge is 0.303 e. The molecule has 0 amide bonds. The van der Waals surface area contributed by atoms with E-state index in [0.717, 1.165) is 11.8 Å². The fourth-order valence-electron chi connectivity index (χ4n) is 1.88. The van der Waals surface area contributed by atoms with Crippen molar-refractivity contribution in [1.29, 1.82) is 0 Å². The molecule has 0 aromatic heterocycles. The molecule has 0 aliphatic heterocycles. The second-order valence-corrected chi connectivity index (χ2v) is 3.95. The quantitative estimate of drug-likeness (QED) is 0.733. The van der Waals surface area contributed by atoms with E-state index in [9.17, 15) is 9.18 Å². The molecule has 1 atom stereocenters. The van der Waals surface area contributed by atoms with Crippen LogP contribution in [0.25, 0.3) is 0 Å². The second kappa shape index (κ2) is 5.39. The summed E-state index contributed by atoms with van der Waals surface area (Å²) in [6.07, 6.45) is 1.34. The van der Waals surface area contributed by atoms with Gasteiger partial charge in [0.25, 0.3) is 0 Å². The second-order valence-electron chi connectivity index (χ2n) is 3.95. The molecule has 17 heavy (non-hydrogen) atoms. The summed E-state index contributed by atoms with van der Waals surface area (Å²) in [5.74, 6) is -0.737. The van der Waals surface area contributed by atoms with E-state index in [-0.39, 0.29) is 5.82 Å². The number of carbonyl (C=O) groups is 1. The fourth-order valence-corrected chi connectivity index (χ4v) is 1.88. The fraction of sp³-hybridized carbons (Fsp3) is 0.133. The molecule has 2 heteroatoms. The molecular weight excluding hydrogens is 215 g/mol. The Morgan fingerprint density at radius 3 is 2.29 bits per heavy atom. The molecule has 0 heterocycles. The van der Waals surface area contributed by atoms with Gasteiger partial charge in [0.15, 0.2) is 0 Å². The first-order valence-electron chi connectivity index (χ1n) is 5.55. The molecule has 0 aliphatic rings. The molecule has 2 aromatic carbocycles. The van der Waals surface area contributed by atoms with Gasteiger partial charge in [-0.15, -0.1) is 0 Å². The zero-order chi connectivity index (χ0) is 12.1. The Balaban J connectivity index is 2.24. The summed E-state index contributed by atoms with van der Waals surface area (Å²) >= 11 is 0. The van der Waals surface area contributed by atoms with Crippen molar-refractivity contribution in [3.63, 3.8) is 0 Å². The van der Waals surface area contributed by atoms with Gasteiger partial charge in [-0.1, -0.05) is 48.5 Å². The van der Waals surface area contributed by atoms with Gasteiger partial charge >= 0.3 is 0 Å². The molecule has 0 saturated carbocycles. The number of hydrogen-bond acceptors (Lipinski definition) is 1. The first-order chi connectivity index (χ1) is 8.31. The summed E-state index contributed by atoms with van der Waals surface area (Å²) in [5, 5.41) is 0. The molecule has 0 N–H and O–H groups in total. The highest BCUT2D eigenvalue weighted by atomic mass is 19.1. The third-order valence-corrected chi connectivity index (χ3v) is 2.77. The molecule has 0 bridgehead atoms. The SMILES string of the molecule is O=C[C@H](Cc1ccccc1)c1ccccc1F. The molecule has 0 saturated heterocycles. The number of aldehydes is 1. The molecule has 86 valence electrons. The van der Waals surface area contributed by atoms with Crippen molar-refractivity contribution >= 4 is 6.29 Å². The minimum atomic E-state index is -0.418. The van der Waals surface area contributed by atoms with Crippen LogP contribution in [-0.2, 0) is 11.2 Å². The van der Waals surface area contributed by atoms with Crippen LogP contribution in [0.1, 0.15) is 17.0 Å². The van der Waals surface area contributed by atoms with Gasteiger partial charge in [-0.3, -0.25) is 0 Å². The number of benzene rings is 2. The highest BCUT2D eigenvalue weighted by molar-refractivity contribution is 5.63. The van der Waals surface area contributed by atoms with E-state index < -0.39 is 5.92 Å². The summed E-state index contributed by atoms with van der Waals surface area (Å²) in [6, 6.07) is 16.1. The van der Waals surface area contributed by atoms with Crippen molar-refractivity contribution < 1.29 is 9.18 Å². The summed E-state index contributed by atoms with van der Waals surface area (Å²) < 4.78 is 13.6. The highest BCUT2D eigenvalue weighted by Gasteiger charge is 2.14. The molecule has 0 unspecified atom stereocenters. The van der Waals surface area contributed by atoms with Crippen LogP contribution in [0.4, 0.5) is 4.39 Å². The minimum absolute atomic E-state index is 0.319. The zero-order valence-corrected chi connectivity index (χ0v) is 9.34. The molecule has 2 aromatic rings. The van der Waals surface area contributed by atoms with Gasteiger partial charge < -0.3 is 4.79 Å². The molecule has 0 spiro atoms. The number of hydrogen-bond donors (Lipinski definition) is 0. The van der Waals surface area contributed by atoms with Crippen LogP contribution in [0.3, 0.4) is 0 Å². The molecule has 0 fully saturated rings. The van der Waals surface area contributed by atoms with Gasteiger partial charge in [0.2, 0.25) is 0 Å². The van der Waals surface area contributed by atoms with Crippen LogP contribution in [0.2, 0.25) is 0 Å². The van der Waals surface area contributed by atoms with Crippen LogP contribution < -0.4 is 0 Å². The Hall–Kier alpha value is -1.96. The van der Waals surface area contributed by atoms with Crippen LogP contribution >= 0.6 is 0 Å². The highest BCUT2D eigenvalue weighted by Crippen LogP contribution is 2.21. The summed E-state index contributed by atoms with van der Waals surface area (Å²) in [5.41, 5.74) is 1.50. The molecular formula is C15H13FO. The van der Waals surface area contributed by atoms with Gasteiger partial charge in [-0.05, 0) is 23.6 Å². The maximum Gasteiger partial charge on any atom is 0.127 e. The lowest BCUT2D eigenvalue weighted by molar-refractivity contribution is -0.109. The lowest BCUT2D eigenvalue weighted by atomic mass is 9.93. The lowest BCUT2D eigenvalue weighted by Crippen LogP contribution is -2.06. The van der Waals surface area contributed by atoms with Crippen LogP contribution in [0.15, 0.2) is 54.6 Å². The smallest absolute Gasteiger partial charge is 0.127 e. The third-order valence-electron chi connectivity index (χ3n) is 2.77. The Morgan fingerprint density at radius 2 is 1.65 bits per heavy atom. The number of halogens is 1. The van der Waals surface area contributed by atoms with Gasteiger partial charge in [-0.2, -0.15) is 0 Å². The Labute approximate surface area is 99.9 Å². The normalized spacial score (nSPS) is 12.1. The lowest BCUT2D eigenvalue weighted by Gasteiger charge is -2.11. The van der Waals surface area contributed by atoms with E-state index in [2.05, 4.69) is 0 Å². The first-order valence-corrected chi connectivity index (χ1v) is 5.55. The van der Waals surface area contributed by atoms with Gasteiger partial charge in [-0.25, -0.2) is 4.39 Å². The third kappa shape index (κ3) is 2.78. The predicted octanol–water partition coefficient (Wildman–Crippen LogP) is 3.35.